The molecule has 0 aliphatic rings. The first-order chi connectivity index (χ1) is 9.65. The van der Waals surface area contributed by atoms with Crippen LogP contribution in [0, 0.1) is 5.92 Å². The van der Waals surface area contributed by atoms with Gasteiger partial charge >= 0.3 is 0 Å². The maximum Gasteiger partial charge on any atom is 0.128 e. The molecule has 0 radical (unpaired) electrons. The summed E-state index contributed by atoms with van der Waals surface area (Å²) >= 11 is 0. The van der Waals surface area contributed by atoms with Crippen LogP contribution in [0.5, 0.6) is 0 Å². The first-order valence-corrected chi connectivity index (χ1v) is 7.04. The minimum absolute atomic E-state index is 0.665. The number of pyridine rings is 1. The van der Waals surface area contributed by atoms with E-state index in [-0.39, 0.29) is 0 Å². The summed E-state index contributed by atoms with van der Waals surface area (Å²) in [6.45, 7) is 7.05. The minimum Gasteiger partial charge on any atom is -0.467 e. The lowest BCUT2D eigenvalue weighted by atomic mass is 10.2. The summed E-state index contributed by atoms with van der Waals surface area (Å²) in [4.78, 5) is 6.51. The lowest BCUT2D eigenvalue weighted by Gasteiger charge is -2.17. The number of furan rings is 1. The quantitative estimate of drug-likeness (QED) is 0.842. The molecule has 0 atom stereocenters. The van der Waals surface area contributed by atoms with E-state index in [9.17, 15) is 0 Å². The zero-order valence-electron chi connectivity index (χ0n) is 12.5. The van der Waals surface area contributed by atoms with E-state index in [4.69, 9.17) is 4.42 Å². The molecule has 4 nitrogen and oxygen atoms in total. The van der Waals surface area contributed by atoms with Gasteiger partial charge in [-0.1, -0.05) is 13.8 Å². The summed E-state index contributed by atoms with van der Waals surface area (Å²) in [6, 6.07) is 8.06. The maximum absolute atomic E-state index is 5.37. The topological polar surface area (TPSA) is 41.3 Å². The van der Waals surface area contributed by atoms with Crippen LogP contribution in [0.1, 0.15) is 25.2 Å². The van der Waals surface area contributed by atoms with Gasteiger partial charge < -0.3 is 14.6 Å². The van der Waals surface area contributed by atoms with E-state index in [0.29, 0.717) is 5.92 Å². The lowest BCUT2D eigenvalue weighted by Crippen LogP contribution is -2.20. The van der Waals surface area contributed by atoms with Gasteiger partial charge in [-0.05, 0) is 42.3 Å². The van der Waals surface area contributed by atoms with Gasteiger partial charge in [0.15, 0.2) is 0 Å². The summed E-state index contributed by atoms with van der Waals surface area (Å²) in [5, 5.41) is 3.45. The highest BCUT2D eigenvalue weighted by Gasteiger charge is 2.06. The van der Waals surface area contributed by atoms with Gasteiger partial charge in [-0.25, -0.2) is 4.98 Å². The second kappa shape index (κ2) is 7.10. The molecule has 0 amide bonds. The van der Waals surface area contributed by atoms with Gasteiger partial charge in [0.1, 0.15) is 11.6 Å². The molecule has 0 unspecified atom stereocenters. The van der Waals surface area contributed by atoms with Crippen molar-refractivity contribution >= 4 is 5.82 Å². The van der Waals surface area contributed by atoms with Crippen molar-refractivity contribution in [3.05, 3.63) is 48.0 Å². The third-order valence-electron chi connectivity index (χ3n) is 3.06. The molecule has 0 aliphatic heterocycles. The normalized spacial score (nSPS) is 11.0. The highest BCUT2D eigenvalue weighted by molar-refractivity contribution is 5.40. The van der Waals surface area contributed by atoms with Crippen LogP contribution in [0.15, 0.2) is 41.1 Å². The number of hydrogen-bond acceptors (Lipinski definition) is 4. The van der Waals surface area contributed by atoms with Crippen molar-refractivity contribution in [3.8, 4) is 0 Å². The van der Waals surface area contributed by atoms with Gasteiger partial charge in [0.05, 0.1) is 12.8 Å². The Morgan fingerprint density at radius 2 is 2.20 bits per heavy atom. The smallest absolute Gasteiger partial charge is 0.128 e. The van der Waals surface area contributed by atoms with Gasteiger partial charge in [0.25, 0.3) is 0 Å². The van der Waals surface area contributed by atoms with E-state index in [1.807, 2.05) is 25.4 Å². The van der Waals surface area contributed by atoms with E-state index < -0.39 is 0 Å². The Balaban J connectivity index is 1.94. The van der Waals surface area contributed by atoms with Crippen LogP contribution >= 0.6 is 0 Å². The minimum atomic E-state index is 0.665. The fraction of sp³-hybridized carbons (Fsp3) is 0.438. The summed E-state index contributed by atoms with van der Waals surface area (Å²) in [5.74, 6) is 2.57. The molecule has 0 fully saturated rings. The summed E-state index contributed by atoms with van der Waals surface area (Å²) in [6.07, 6.45) is 3.56. The van der Waals surface area contributed by atoms with E-state index in [2.05, 4.69) is 41.2 Å². The van der Waals surface area contributed by atoms with Crippen LogP contribution in [-0.4, -0.2) is 18.6 Å². The van der Waals surface area contributed by atoms with Gasteiger partial charge in [-0.3, -0.25) is 0 Å². The van der Waals surface area contributed by atoms with Gasteiger partial charge in [-0.15, -0.1) is 0 Å². The Morgan fingerprint density at radius 3 is 2.90 bits per heavy atom. The molecule has 0 aliphatic carbocycles. The van der Waals surface area contributed by atoms with E-state index >= 15 is 0 Å². The molecule has 0 spiro atoms. The van der Waals surface area contributed by atoms with Crippen LogP contribution in [0.4, 0.5) is 5.82 Å². The average Bonchev–Trinajstić information content (AvgIpc) is 2.91. The standard InChI is InChI=1S/C16H23N3O/c1-13(2)10-17-11-14-6-7-18-16(9-14)19(3)12-15-5-4-8-20-15/h4-9,13,17H,10-12H2,1-3H3. The van der Waals surface area contributed by atoms with Crippen LogP contribution in [0.25, 0.3) is 0 Å². The van der Waals surface area contributed by atoms with Crippen molar-refractivity contribution in [1.82, 2.24) is 10.3 Å². The third kappa shape index (κ3) is 4.38. The first-order valence-electron chi connectivity index (χ1n) is 7.04. The van der Waals surface area contributed by atoms with Crippen molar-refractivity contribution in [1.29, 1.82) is 0 Å². The van der Waals surface area contributed by atoms with Crippen molar-refractivity contribution in [2.75, 3.05) is 18.5 Å². The number of rotatable bonds is 7. The number of nitrogens with zero attached hydrogens (tertiary/aromatic N) is 2. The third-order valence-corrected chi connectivity index (χ3v) is 3.06. The number of anilines is 1. The number of aromatic nitrogens is 1. The molecule has 0 aromatic carbocycles. The zero-order valence-corrected chi connectivity index (χ0v) is 12.5. The molecular formula is C16H23N3O. The molecular weight excluding hydrogens is 250 g/mol. The number of nitrogens with one attached hydrogen (secondary N) is 1. The molecule has 2 rings (SSSR count). The first kappa shape index (κ1) is 14.6. The van der Waals surface area contributed by atoms with E-state index in [1.54, 1.807) is 6.26 Å². The molecule has 2 heterocycles. The maximum atomic E-state index is 5.37. The molecule has 108 valence electrons. The zero-order chi connectivity index (χ0) is 14.4. The van der Waals surface area contributed by atoms with Gasteiger partial charge in [-0.2, -0.15) is 0 Å². The molecule has 4 heteroatoms. The second-order valence-corrected chi connectivity index (χ2v) is 5.48. The Kier molecular flexibility index (Phi) is 5.18. The summed E-state index contributed by atoms with van der Waals surface area (Å²) < 4.78 is 5.37. The SMILES string of the molecule is CC(C)CNCc1ccnc(N(C)Cc2ccco2)c1. The lowest BCUT2D eigenvalue weighted by molar-refractivity contribution is 0.507. The number of hydrogen-bond donors (Lipinski definition) is 1. The average molecular weight is 273 g/mol. The fourth-order valence-electron chi connectivity index (χ4n) is 2.00. The van der Waals surface area contributed by atoms with Crippen LogP contribution in [0.2, 0.25) is 0 Å². The Labute approximate surface area is 120 Å². The van der Waals surface area contributed by atoms with Crippen molar-refractivity contribution in [2.24, 2.45) is 5.92 Å². The fourth-order valence-corrected chi connectivity index (χ4v) is 2.00. The largest absolute Gasteiger partial charge is 0.467 e. The van der Waals surface area contributed by atoms with E-state index in [0.717, 1.165) is 31.2 Å². The van der Waals surface area contributed by atoms with Gasteiger partial charge in [0, 0.05) is 19.8 Å². The predicted molar refractivity (Wildman–Crippen MR) is 81.6 cm³/mol. The Hall–Kier alpha value is -1.81. The molecule has 2 aromatic heterocycles. The highest BCUT2D eigenvalue weighted by Crippen LogP contribution is 2.14. The van der Waals surface area contributed by atoms with Crippen molar-refractivity contribution in [3.63, 3.8) is 0 Å². The molecule has 1 N–H and O–H groups in total. The highest BCUT2D eigenvalue weighted by atomic mass is 16.3. The van der Waals surface area contributed by atoms with Crippen molar-refractivity contribution < 1.29 is 4.42 Å². The summed E-state index contributed by atoms with van der Waals surface area (Å²) in [7, 11) is 2.02. The van der Waals surface area contributed by atoms with Crippen LogP contribution in [0.3, 0.4) is 0 Å². The van der Waals surface area contributed by atoms with Gasteiger partial charge in [0.2, 0.25) is 0 Å². The molecule has 2 aromatic rings. The van der Waals surface area contributed by atoms with E-state index in [1.165, 1.54) is 5.56 Å². The van der Waals surface area contributed by atoms with Crippen LogP contribution < -0.4 is 10.2 Å². The summed E-state index contributed by atoms with van der Waals surface area (Å²) in [5.41, 5.74) is 1.25. The Bertz CT molecular complexity index is 508. The monoisotopic (exact) mass is 273 g/mol. The molecule has 0 saturated heterocycles. The molecule has 0 bridgehead atoms. The second-order valence-electron chi connectivity index (χ2n) is 5.48. The predicted octanol–water partition coefficient (Wildman–Crippen LogP) is 3.06. The van der Waals surface area contributed by atoms with Crippen LogP contribution in [-0.2, 0) is 13.1 Å². The molecule has 20 heavy (non-hydrogen) atoms. The molecule has 0 saturated carbocycles. The Morgan fingerprint density at radius 1 is 1.35 bits per heavy atom. The van der Waals surface area contributed by atoms with Crippen molar-refractivity contribution in [2.45, 2.75) is 26.9 Å².